The van der Waals surface area contributed by atoms with Crippen LogP contribution in [0.1, 0.15) is 16.8 Å². The van der Waals surface area contributed by atoms with Crippen molar-refractivity contribution >= 4 is 16.9 Å². The Morgan fingerprint density at radius 3 is 3.14 bits per heavy atom. The zero-order chi connectivity index (χ0) is 15.4. The van der Waals surface area contributed by atoms with Gasteiger partial charge in [0.1, 0.15) is 11.3 Å². The number of nitrogens with one attached hydrogen (secondary N) is 1. The van der Waals surface area contributed by atoms with Crippen molar-refractivity contribution < 1.29 is 13.9 Å². The van der Waals surface area contributed by atoms with E-state index >= 15 is 0 Å². The summed E-state index contributed by atoms with van der Waals surface area (Å²) in [5.74, 6) is 0.497. The summed E-state index contributed by atoms with van der Waals surface area (Å²) < 4.78 is 12.6. The van der Waals surface area contributed by atoms with Gasteiger partial charge in [0.25, 0.3) is 5.91 Å². The molecule has 2 aromatic heterocycles. The topological polar surface area (TPSA) is 69.3 Å². The Morgan fingerprint density at radius 2 is 2.36 bits per heavy atom. The van der Waals surface area contributed by atoms with E-state index < -0.39 is 0 Å². The molecule has 0 spiro atoms. The minimum Gasteiger partial charge on any atom is -0.496 e. The number of carbonyl (C=O) groups excluding carboxylic acids is 1. The first-order chi connectivity index (χ1) is 10.8. The maximum Gasteiger partial charge on any atom is 0.251 e. The van der Waals surface area contributed by atoms with Gasteiger partial charge in [-0.1, -0.05) is 0 Å². The summed E-state index contributed by atoms with van der Waals surface area (Å²) in [6.45, 7) is 1.41. The highest BCUT2D eigenvalue weighted by molar-refractivity contribution is 5.99. The zero-order valence-electron chi connectivity index (χ0n) is 12.3. The average molecular weight is 299 g/mol. The van der Waals surface area contributed by atoms with Crippen LogP contribution < -0.4 is 10.1 Å². The number of amides is 1. The number of aromatic nitrogens is 2. The first-order valence-electron chi connectivity index (χ1n) is 7.07. The smallest absolute Gasteiger partial charge is 0.251 e. The van der Waals surface area contributed by atoms with E-state index in [1.165, 1.54) is 0 Å². The Morgan fingerprint density at radius 1 is 1.45 bits per heavy atom. The van der Waals surface area contributed by atoms with Gasteiger partial charge in [-0.3, -0.25) is 4.79 Å². The second-order valence-corrected chi connectivity index (χ2v) is 4.92. The van der Waals surface area contributed by atoms with Gasteiger partial charge in [0, 0.05) is 31.0 Å². The highest BCUT2D eigenvalue weighted by Crippen LogP contribution is 2.28. The summed E-state index contributed by atoms with van der Waals surface area (Å²) in [7, 11) is 1.58. The number of rotatable bonds is 6. The number of imidazole rings is 1. The lowest BCUT2D eigenvalue weighted by molar-refractivity contribution is 0.0952. The number of carbonyl (C=O) groups is 1. The summed E-state index contributed by atoms with van der Waals surface area (Å²) in [6.07, 6.45) is 7.82. The molecule has 0 aliphatic rings. The molecule has 0 saturated carbocycles. The molecule has 0 radical (unpaired) electrons. The summed E-state index contributed by atoms with van der Waals surface area (Å²) >= 11 is 0. The van der Waals surface area contributed by atoms with E-state index in [4.69, 9.17) is 9.15 Å². The van der Waals surface area contributed by atoms with Crippen molar-refractivity contribution in [1.29, 1.82) is 0 Å². The van der Waals surface area contributed by atoms with Crippen LogP contribution in [-0.4, -0.2) is 29.1 Å². The fourth-order valence-electron chi connectivity index (χ4n) is 2.32. The predicted octanol–water partition coefficient (Wildman–Crippen LogP) is 2.46. The molecule has 2 heterocycles. The molecule has 0 bridgehead atoms. The van der Waals surface area contributed by atoms with Crippen LogP contribution in [0.25, 0.3) is 11.0 Å². The maximum absolute atomic E-state index is 12.2. The molecule has 0 atom stereocenters. The highest BCUT2D eigenvalue weighted by Gasteiger charge is 2.12. The number of hydrogen-bond acceptors (Lipinski definition) is 4. The number of fused-ring (bicyclic) bond motifs is 1. The Kier molecular flexibility index (Phi) is 4.09. The largest absolute Gasteiger partial charge is 0.496 e. The molecule has 1 amide bonds. The van der Waals surface area contributed by atoms with Crippen LogP contribution in [0.2, 0.25) is 0 Å². The Balaban J connectivity index is 1.62. The van der Waals surface area contributed by atoms with Crippen molar-refractivity contribution in [3.8, 4) is 5.75 Å². The summed E-state index contributed by atoms with van der Waals surface area (Å²) in [5, 5.41) is 3.76. The fraction of sp³-hybridized carbons (Fsp3) is 0.250. The average Bonchev–Trinajstić information content (AvgIpc) is 3.21. The number of benzene rings is 1. The van der Waals surface area contributed by atoms with Gasteiger partial charge in [-0.25, -0.2) is 4.98 Å². The lowest BCUT2D eigenvalue weighted by Crippen LogP contribution is -2.25. The van der Waals surface area contributed by atoms with E-state index in [9.17, 15) is 4.79 Å². The summed E-state index contributed by atoms with van der Waals surface area (Å²) in [6, 6.07) is 5.27. The van der Waals surface area contributed by atoms with Crippen molar-refractivity contribution in [1.82, 2.24) is 14.9 Å². The van der Waals surface area contributed by atoms with E-state index in [2.05, 4.69) is 10.3 Å². The maximum atomic E-state index is 12.2. The van der Waals surface area contributed by atoms with Crippen molar-refractivity contribution in [2.24, 2.45) is 0 Å². The molecule has 0 aliphatic carbocycles. The molecular formula is C16H17N3O3. The third kappa shape index (κ3) is 2.95. The van der Waals surface area contributed by atoms with Crippen molar-refractivity contribution in [2.45, 2.75) is 13.0 Å². The van der Waals surface area contributed by atoms with E-state index in [0.29, 0.717) is 23.4 Å². The standard InChI is InChI=1S/C16H17N3O3/c1-21-14-9-12(10-15-13(14)3-8-22-15)16(20)18-4-2-6-19-7-5-17-11-19/h3,5,7-11H,2,4,6H2,1H3,(H,18,20). The van der Waals surface area contributed by atoms with Gasteiger partial charge in [-0.05, 0) is 24.6 Å². The quantitative estimate of drug-likeness (QED) is 0.710. The third-order valence-electron chi connectivity index (χ3n) is 3.45. The SMILES string of the molecule is COc1cc(C(=O)NCCCn2ccnc2)cc2occc12. The van der Waals surface area contributed by atoms with E-state index in [0.717, 1.165) is 18.4 Å². The Hall–Kier alpha value is -2.76. The molecule has 6 heteroatoms. The summed E-state index contributed by atoms with van der Waals surface area (Å²) in [4.78, 5) is 16.2. The lowest BCUT2D eigenvalue weighted by atomic mass is 10.1. The van der Waals surface area contributed by atoms with Crippen LogP contribution in [0.4, 0.5) is 0 Å². The number of furan rings is 1. The molecule has 114 valence electrons. The second kappa shape index (κ2) is 6.34. The molecule has 22 heavy (non-hydrogen) atoms. The number of nitrogens with zero attached hydrogens (tertiary/aromatic N) is 2. The van der Waals surface area contributed by atoms with Crippen LogP contribution in [-0.2, 0) is 6.54 Å². The van der Waals surface area contributed by atoms with Gasteiger partial charge in [-0.15, -0.1) is 0 Å². The molecule has 1 aromatic carbocycles. The zero-order valence-corrected chi connectivity index (χ0v) is 12.3. The van der Waals surface area contributed by atoms with Crippen LogP contribution in [0.3, 0.4) is 0 Å². The molecule has 1 N–H and O–H groups in total. The van der Waals surface area contributed by atoms with Crippen molar-refractivity contribution in [3.05, 3.63) is 48.7 Å². The number of ether oxygens (including phenoxy) is 1. The second-order valence-electron chi connectivity index (χ2n) is 4.92. The number of hydrogen-bond donors (Lipinski definition) is 1. The van der Waals surface area contributed by atoms with E-state index in [-0.39, 0.29) is 5.91 Å². The predicted molar refractivity (Wildman–Crippen MR) is 81.9 cm³/mol. The summed E-state index contributed by atoms with van der Waals surface area (Å²) in [5.41, 5.74) is 1.17. The number of aryl methyl sites for hydroxylation is 1. The normalized spacial score (nSPS) is 10.8. The van der Waals surface area contributed by atoms with Crippen LogP contribution in [0.5, 0.6) is 5.75 Å². The Bertz CT molecular complexity index is 762. The van der Waals surface area contributed by atoms with E-state index in [1.54, 1.807) is 38.0 Å². The van der Waals surface area contributed by atoms with Crippen molar-refractivity contribution in [2.75, 3.05) is 13.7 Å². The van der Waals surface area contributed by atoms with Gasteiger partial charge in [0.05, 0.1) is 25.1 Å². The molecule has 0 aliphatic heterocycles. The minimum atomic E-state index is -0.137. The fourth-order valence-corrected chi connectivity index (χ4v) is 2.32. The first kappa shape index (κ1) is 14.2. The molecule has 0 saturated heterocycles. The van der Waals surface area contributed by atoms with Gasteiger partial charge >= 0.3 is 0 Å². The highest BCUT2D eigenvalue weighted by atomic mass is 16.5. The Labute approximate surface area is 127 Å². The number of methoxy groups -OCH3 is 1. The van der Waals surface area contributed by atoms with Gasteiger partial charge in [0.15, 0.2) is 0 Å². The van der Waals surface area contributed by atoms with Gasteiger partial charge in [-0.2, -0.15) is 0 Å². The molecule has 3 aromatic rings. The van der Waals surface area contributed by atoms with Crippen molar-refractivity contribution in [3.63, 3.8) is 0 Å². The van der Waals surface area contributed by atoms with Crippen LogP contribution in [0.15, 0.2) is 47.6 Å². The van der Waals surface area contributed by atoms with Gasteiger partial charge in [0.2, 0.25) is 0 Å². The molecular weight excluding hydrogens is 282 g/mol. The van der Waals surface area contributed by atoms with E-state index in [1.807, 2.05) is 16.8 Å². The van der Waals surface area contributed by atoms with Gasteiger partial charge < -0.3 is 19.0 Å². The molecule has 3 rings (SSSR count). The monoisotopic (exact) mass is 299 g/mol. The lowest BCUT2D eigenvalue weighted by Gasteiger charge is -2.08. The molecule has 6 nitrogen and oxygen atoms in total. The van der Waals surface area contributed by atoms with Crippen LogP contribution in [0, 0.1) is 0 Å². The molecule has 0 fully saturated rings. The third-order valence-corrected chi connectivity index (χ3v) is 3.45. The molecule has 0 unspecified atom stereocenters. The van der Waals surface area contributed by atoms with Crippen LogP contribution >= 0.6 is 0 Å². The minimum absolute atomic E-state index is 0.137. The first-order valence-corrected chi connectivity index (χ1v) is 7.07.